The number of carbonyl (C=O) groups excluding carboxylic acids is 1. The van der Waals surface area contributed by atoms with E-state index in [1.54, 1.807) is 6.20 Å². The first-order valence-corrected chi connectivity index (χ1v) is 8.39. The molecule has 25 heavy (non-hydrogen) atoms. The van der Waals surface area contributed by atoms with Crippen molar-refractivity contribution in [3.8, 4) is 10.6 Å². The number of hydrogen-bond donors (Lipinski definition) is 1. The molecule has 122 valence electrons. The number of amides is 1. The predicted octanol–water partition coefficient (Wildman–Crippen LogP) is 4.75. The van der Waals surface area contributed by atoms with Gasteiger partial charge in [-0.2, -0.15) is 0 Å². The summed E-state index contributed by atoms with van der Waals surface area (Å²) in [5, 5.41) is 3.67. The van der Waals surface area contributed by atoms with E-state index in [1.807, 2.05) is 36.4 Å². The number of hydrogen-bond acceptors (Lipinski definition) is 4. The molecule has 0 saturated carbocycles. The van der Waals surface area contributed by atoms with Crippen molar-refractivity contribution in [1.82, 2.24) is 9.97 Å². The molecular weight excluding hydrogens is 337 g/mol. The van der Waals surface area contributed by atoms with Gasteiger partial charge >= 0.3 is 0 Å². The molecule has 0 aliphatic carbocycles. The quantitative estimate of drug-likeness (QED) is 0.581. The Balaban J connectivity index is 1.53. The van der Waals surface area contributed by atoms with Crippen molar-refractivity contribution in [1.29, 1.82) is 0 Å². The smallest absolute Gasteiger partial charge is 0.255 e. The molecule has 0 aliphatic heterocycles. The summed E-state index contributed by atoms with van der Waals surface area (Å²) in [5.41, 5.74) is 2.90. The van der Waals surface area contributed by atoms with E-state index in [0.717, 1.165) is 20.9 Å². The van der Waals surface area contributed by atoms with Crippen LogP contribution in [-0.2, 0) is 0 Å². The van der Waals surface area contributed by atoms with Gasteiger partial charge in [0.2, 0.25) is 0 Å². The van der Waals surface area contributed by atoms with Crippen molar-refractivity contribution in [2.75, 3.05) is 5.32 Å². The maximum Gasteiger partial charge on any atom is 0.255 e. The second-order valence-corrected chi connectivity index (χ2v) is 6.36. The molecule has 4 nitrogen and oxygen atoms in total. The number of aromatic nitrogens is 2. The molecule has 0 aliphatic rings. The molecule has 6 heteroatoms. The molecular formula is C19H12FN3OS. The fourth-order valence-corrected chi connectivity index (χ4v) is 3.31. The maximum absolute atomic E-state index is 12.9. The predicted molar refractivity (Wildman–Crippen MR) is 97.2 cm³/mol. The van der Waals surface area contributed by atoms with Crippen LogP contribution >= 0.6 is 11.3 Å². The van der Waals surface area contributed by atoms with Gasteiger partial charge in [0.25, 0.3) is 5.91 Å². The third-order valence-electron chi connectivity index (χ3n) is 3.66. The fourth-order valence-electron chi connectivity index (χ4n) is 2.39. The zero-order valence-electron chi connectivity index (χ0n) is 12.9. The van der Waals surface area contributed by atoms with Crippen molar-refractivity contribution < 1.29 is 9.18 Å². The highest BCUT2D eigenvalue weighted by Crippen LogP contribution is 2.29. The monoisotopic (exact) mass is 349 g/mol. The van der Waals surface area contributed by atoms with Gasteiger partial charge in [-0.25, -0.2) is 14.4 Å². The molecule has 0 saturated heterocycles. The highest BCUT2D eigenvalue weighted by atomic mass is 32.1. The maximum atomic E-state index is 12.9. The number of rotatable bonds is 3. The Morgan fingerprint density at radius 3 is 2.48 bits per heavy atom. The van der Waals surface area contributed by atoms with E-state index in [0.29, 0.717) is 11.3 Å². The summed E-state index contributed by atoms with van der Waals surface area (Å²) in [6.07, 6.45) is 1.75. The average molecular weight is 349 g/mol. The zero-order chi connectivity index (χ0) is 17.2. The molecule has 0 radical (unpaired) electrons. The minimum atomic E-state index is -0.369. The van der Waals surface area contributed by atoms with Gasteiger partial charge in [-0.15, -0.1) is 0 Å². The lowest BCUT2D eigenvalue weighted by Crippen LogP contribution is -2.11. The SMILES string of the molecule is O=C(Nc1ccc(-c2nc3cccnc3s2)cc1)c1ccc(F)cc1. The van der Waals surface area contributed by atoms with E-state index in [2.05, 4.69) is 15.3 Å². The number of halogens is 1. The van der Waals surface area contributed by atoms with Gasteiger partial charge < -0.3 is 5.32 Å². The van der Waals surface area contributed by atoms with Crippen LogP contribution in [0, 0.1) is 5.82 Å². The van der Waals surface area contributed by atoms with Gasteiger partial charge in [-0.1, -0.05) is 11.3 Å². The van der Waals surface area contributed by atoms with Gasteiger partial charge in [0.1, 0.15) is 21.2 Å². The lowest BCUT2D eigenvalue weighted by molar-refractivity contribution is 0.102. The Labute approximate surface area is 147 Å². The van der Waals surface area contributed by atoms with Crippen LogP contribution in [0.4, 0.5) is 10.1 Å². The first kappa shape index (κ1) is 15.4. The van der Waals surface area contributed by atoms with E-state index < -0.39 is 0 Å². The highest BCUT2D eigenvalue weighted by Gasteiger charge is 2.09. The standard InChI is InChI=1S/C19H12FN3OS/c20-14-7-3-12(4-8-14)17(24)22-15-9-5-13(6-10-15)18-23-16-2-1-11-21-19(16)25-18/h1-11H,(H,22,24). The van der Waals surface area contributed by atoms with Crippen molar-refractivity contribution in [3.05, 3.63) is 78.2 Å². The first-order chi connectivity index (χ1) is 12.2. The van der Waals surface area contributed by atoms with Crippen LogP contribution in [-0.4, -0.2) is 15.9 Å². The third kappa shape index (κ3) is 3.25. The number of thiazole rings is 1. The molecule has 0 spiro atoms. The molecule has 0 fully saturated rings. The topological polar surface area (TPSA) is 54.9 Å². The van der Waals surface area contributed by atoms with Crippen molar-refractivity contribution in [2.45, 2.75) is 0 Å². The molecule has 1 N–H and O–H groups in total. The molecule has 4 aromatic rings. The molecule has 0 atom stereocenters. The molecule has 1 amide bonds. The second-order valence-electron chi connectivity index (χ2n) is 5.39. The summed E-state index contributed by atoms with van der Waals surface area (Å²) in [4.78, 5) is 21.9. The lowest BCUT2D eigenvalue weighted by Gasteiger charge is -2.06. The van der Waals surface area contributed by atoms with Crippen LogP contribution in [0.25, 0.3) is 20.9 Å². The number of pyridine rings is 1. The van der Waals surface area contributed by atoms with Gasteiger partial charge in [-0.05, 0) is 60.7 Å². The van der Waals surface area contributed by atoms with Crippen LogP contribution in [0.15, 0.2) is 66.9 Å². The van der Waals surface area contributed by atoms with E-state index in [4.69, 9.17) is 0 Å². The second kappa shape index (κ2) is 6.41. The summed E-state index contributed by atoms with van der Waals surface area (Å²) in [6, 6.07) is 16.7. The van der Waals surface area contributed by atoms with Gasteiger partial charge in [0, 0.05) is 23.0 Å². The molecule has 0 unspecified atom stereocenters. The molecule has 2 heterocycles. The highest BCUT2D eigenvalue weighted by molar-refractivity contribution is 7.21. The first-order valence-electron chi connectivity index (χ1n) is 7.58. The summed E-state index contributed by atoms with van der Waals surface area (Å²) in [7, 11) is 0. The van der Waals surface area contributed by atoms with Gasteiger partial charge in [0.15, 0.2) is 0 Å². The van der Waals surface area contributed by atoms with E-state index in [-0.39, 0.29) is 11.7 Å². The Morgan fingerprint density at radius 1 is 1.00 bits per heavy atom. The number of benzene rings is 2. The van der Waals surface area contributed by atoms with E-state index >= 15 is 0 Å². The molecule has 2 aromatic carbocycles. The number of fused-ring (bicyclic) bond motifs is 1. The minimum absolute atomic E-state index is 0.281. The van der Waals surface area contributed by atoms with Crippen LogP contribution in [0.5, 0.6) is 0 Å². The average Bonchev–Trinajstić information content (AvgIpc) is 3.07. The number of carbonyl (C=O) groups is 1. The molecule has 2 aromatic heterocycles. The lowest BCUT2D eigenvalue weighted by atomic mass is 10.2. The van der Waals surface area contributed by atoms with Crippen LogP contribution < -0.4 is 5.32 Å². The Bertz CT molecular complexity index is 1010. The molecule has 4 rings (SSSR count). The van der Waals surface area contributed by atoms with E-state index in [9.17, 15) is 9.18 Å². The van der Waals surface area contributed by atoms with Crippen molar-refractivity contribution >= 4 is 33.3 Å². The normalized spacial score (nSPS) is 10.8. The number of nitrogens with one attached hydrogen (secondary N) is 1. The van der Waals surface area contributed by atoms with Gasteiger partial charge in [-0.3, -0.25) is 4.79 Å². The summed E-state index contributed by atoms with van der Waals surface area (Å²) >= 11 is 1.52. The Morgan fingerprint density at radius 2 is 1.76 bits per heavy atom. The van der Waals surface area contributed by atoms with Crippen LogP contribution in [0.3, 0.4) is 0 Å². The largest absolute Gasteiger partial charge is 0.322 e. The van der Waals surface area contributed by atoms with Crippen LogP contribution in [0.2, 0.25) is 0 Å². The summed E-state index contributed by atoms with van der Waals surface area (Å²) in [5.74, 6) is -0.650. The van der Waals surface area contributed by atoms with Crippen molar-refractivity contribution in [2.24, 2.45) is 0 Å². The fraction of sp³-hybridized carbons (Fsp3) is 0. The Hall–Kier alpha value is -3.12. The number of nitrogens with zero attached hydrogens (tertiary/aromatic N) is 2. The molecule has 0 bridgehead atoms. The minimum Gasteiger partial charge on any atom is -0.322 e. The number of anilines is 1. The van der Waals surface area contributed by atoms with Crippen molar-refractivity contribution in [3.63, 3.8) is 0 Å². The Kier molecular flexibility index (Phi) is 3.95. The van der Waals surface area contributed by atoms with Crippen LogP contribution in [0.1, 0.15) is 10.4 Å². The summed E-state index contributed by atoms with van der Waals surface area (Å²) in [6.45, 7) is 0. The van der Waals surface area contributed by atoms with E-state index in [1.165, 1.54) is 35.6 Å². The third-order valence-corrected chi connectivity index (χ3v) is 4.69. The summed E-state index contributed by atoms with van der Waals surface area (Å²) < 4.78 is 12.9. The zero-order valence-corrected chi connectivity index (χ0v) is 13.8. The van der Waals surface area contributed by atoms with Gasteiger partial charge in [0.05, 0.1) is 0 Å².